The van der Waals surface area contributed by atoms with E-state index in [4.69, 9.17) is 5.73 Å². The number of hydrogen-bond acceptors (Lipinski definition) is 3. The number of alkyl halides is 3. The highest BCUT2D eigenvalue weighted by atomic mass is 32.2. The molecule has 0 amide bonds. The SMILES string of the molecule is Cc1nn(CCSC(F)(F)F)cc1N. The van der Waals surface area contributed by atoms with Gasteiger partial charge in [-0.25, -0.2) is 0 Å². The molecule has 80 valence electrons. The third-order valence-electron chi connectivity index (χ3n) is 1.57. The van der Waals surface area contributed by atoms with Gasteiger partial charge in [-0.2, -0.15) is 18.3 Å². The quantitative estimate of drug-likeness (QED) is 0.855. The minimum atomic E-state index is -4.17. The van der Waals surface area contributed by atoms with Crippen LogP contribution in [-0.2, 0) is 6.54 Å². The number of nitrogens with two attached hydrogens (primary N) is 1. The number of thioether (sulfide) groups is 1. The Kier molecular flexibility index (Phi) is 3.30. The van der Waals surface area contributed by atoms with E-state index in [2.05, 4.69) is 5.10 Å². The lowest BCUT2D eigenvalue weighted by Crippen LogP contribution is -2.07. The lowest BCUT2D eigenvalue weighted by molar-refractivity contribution is -0.0328. The number of nitrogen functional groups attached to an aromatic ring is 1. The van der Waals surface area contributed by atoms with Crippen LogP contribution in [0.5, 0.6) is 0 Å². The van der Waals surface area contributed by atoms with E-state index in [0.29, 0.717) is 11.4 Å². The first-order valence-electron chi connectivity index (χ1n) is 3.89. The lowest BCUT2D eigenvalue weighted by Gasteiger charge is -2.04. The highest BCUT2D eigenvalue weighted by Crippen LogP contribution is 2.29. The summed E-state index contributed by atoms with van der Waals surface area (Å²) in [5, 5.41) is 3.94. The highest BCUT2D eigenvalue weighted by molar-refractivity contribution is 8.00. The van der Waals surface area contributed by atoms with Crippen molar-refractivity contribution in [3.05, 3.63) is 11.9 Å². The van der Waals surface area contributed by atoms with E-state index in [1.807, 2.05) is 0 Å². The van der Waals surface area contributed by atoms with Crippen LogP contribution in [0.25, 0.3) is 0 Å². The number of aromatic nitrogens is 2. The Morgan fingerprint density at radius 3 is 2.64 bits per heavy atom. The molecule has 1 heterocycles. The second kappa shape index (κ2) is 4.12. The van der Waals surface area contributed by atoms with Gasteiger partial charge in [-0.1, -0.05) is 0 Å². The molecule has 0 aromatic carbocycles. The largest absolute Gasteiger partial charge is 0.441 e. The van der Waals surface area contributed by atoms with Gasteiger partial charge in [0.25, 0.3) is 0 Å². The van der Waals surface area contributed by atoms with Crippen LogP contribution in [0.4, 0.5) is 18.9 Å². The summed E-state index contributed by atoms with van der Waals surface area (Å²) in [4.78, 5) is 0. The maximum Gasteiger partial charge on any atom is 0.441 e. The monoisotopic (exact) mass is 225 g/mol. The van der Waals surface area contributed by atoms with E-state index in [9.17, 15) is 13.2 Å². The number of hydrogen-bond donors (Lipinski definition) is 1. The van der Waals surface area contributed by atoms with Crippen LogP contribution in [0.1, 0.15) is 5.69 Å². The lowest BCUT2D eigenvalue weighted by atomic mass is 10.4. The summed E-state index contributed by atoms with van der Waals surface area (Å²) in [5.41, 5.74) is 2.46. The van der Waals surface area contributed by atoms with E-state index >= 15 is 0 Å². The Balaban J connectivity index is 2.39. The van der Waals surface area contributed by atoms with E-state index in [0.717, 1.165) is 0 Å². The van der Waals surface area contributed by atoms with Gasteiger partial charge in [-0.05, 0) is 18.7 Å². The smallest absolute Gasteiger partial charge is 0.396 e. The molecule has 0 radical (unpaired) electrons. The minimum absolute atomic E-state index is 0.0515. The number of aryl methyl sites for hydroxylation is 2. The van der Waals surface area contributed by atoms with Crippen LogP contribution in [0.15, 0.2) is 6.20 Å². The van der Waals surface area contributed by atoms with Gasteiger partial charge in [0.05, 0.1) is 17.9 Å². The van der Waals surface area contributed by atoms with E-state index in [1.165, 1.54) is 10.9 Å². The standard InChI is InChI=1S/C7H10F3N3S/c1-5-6(11)4-13(12-5)2-3-14-7(8,9)10/h4H,2-3,11H2,1H3. The number of anilines is 1. The summed E-state index contributed by atoms with van der Waals surface area (Å²) in [6.45, 7) is 1.92. The van der Waals surface area contributed by atoms with Crippen molar-refractivity contribution < 1.29 is 13.2 Å². The fourth-order valence-corrected chi connectivity index (χ4v) is 1.41. The number of halogens is 3. The summed E-state index contributed by atoms with van der Waals surface area (Å²) in [6.07, 6.45) is 1.53. The topological polar surface area (TPSA) is 43.8 Å². The predicted molar refractivity (Wildman–Crippen MR) is 49.9 cm³/mol. The van der Waals surface area contributed by atoms with E-state index in [1.54, 1.807) is 6.92 Å². The molecule has 14 heavy (non-hydrogen) atoms. The molecule has 0 saturated heterocycles. The first-order chi connectivity index (χ1) is 6.38. The Morgan fingerprint density at radius 2 is 2.21 bits per heavy atom. The van der Waals surface area contributed by atoms with Gasteiger partial charge < -0.3 is 5.73 Å². The van der Waals surface area contributed by atoms with Crippen molar-refractivity contribution in [1.29, 1.82) is 0 Å². The molecule has 0 aliphatic rings. The Hall–Kier alpha value is -0.850. The fraction of sp³-hybridized carbons (Fsp3) is 0.571. The third kappa shape index (κ3) is 3.49. The van der Waals surface area contributed by atoms with Crippen LogP contribution >= 0.6 is 11.8 Å². The van der Waals surface area contributed by atoms with Crippen molar-refractivity contribution in [3.63, 3.8) is 0 Å². The summed E-state index contributed by atoms with van der Waals surface area (Å²) < 4.78 is 36.7. The maximum atomic E-state index is 11.8. The first-order valence-corrected chi connectivity index (χ1v) is 4.87. The predicted octanol–water partition coefficient (Wildman–Crippen LogP) is 2.03. The highest BCUT2D eigenvalue weighted by Gasteiger charge is 2.27. The van der Waals surface area contributed by atoms with Crippen molar-refractivity contribution in [1.82, 2.24) is 9.78 Å². The number of nitrogens with zero attached hydrogens (tertiary/aromatic N) is 2. The molecule has 0 spiro atoms. The molecule has 1 rings (SSSR count). The minimum Gasteiger partial charge on any atom is -0.396 e. The molecule has 3 nitrogen and oxygen atoms in total. The van der Waals surface area contributed by atoms with Crippen LogP contribution in [0.2, 0.25) is 0 Å². The molecular weight excluding hydrogens is 215 g/mol. The van der Waals surface area contributed by atoms with Gasteiger partial charge in [-0.3, -0.25) is 4.68 Å². The molecule has 0 saturated carbocycles. The van der Waals surface area contributed by atoms with Gasteiger partial charge in [0.1, 0.15) is 0 Å². The van der Waals surface area contributed by atoms with Gasteiger partial charge in [0, 0.05) is 11.9 Å². The number of rotatable bonds is 3. The Bertz CT molecular complexity index is 288. The summed E-state index contributed by atoms with van der Waals surface area (Å²) in [5.74, 6) is -0.0515. The molecule has 1 aromatic heterocycles. The second-order valence-corrected chi connectivity index (χ2v) is 3.89. The Labute approximate surface area is 83.5 Å². The molecule has 0 unspecified atom stereocenters. The molecule has 0 aliphatic carbocycles. The summed E-state index contributed by atoms with van der Waals surface area (Å²) >= 11 is -0.0581. The first kappa shape index (κ1) is 11.2. The summed E-state index contributed by atoms with van der Waals surface area (Å²) in [7, 11) is 0. The zero-order valence-electron chi connectivity index (χ0n) is 7.51. The molecule has 1 aromatic rings. The molecule has 7 heteroatoms. The maximum absolute atomic E-state index is 11.8. The average molecular weight is 225 g/mol. The Morgan fingerprint density at radius 1 is 1.57 bits per heavy atom. The summed E-state index contributed by atoms with van der Waals surface area (Å²) in [6, 6.07) is 0. The van der Waals surface area contributed by atoms with Gasteiger partial charge in [0.15, 0.2) is 0 Å². The van der Waals surface area contributed by atoms with Crippen LogP contribution in [0.3, 0.4) is 0 Å². The van der Waals surface area contributed by atoms with Crippen molar-refractivity contribution in [2.45, 2.75) is 19.0 Å². The van der Waals surface area contributed by atoms with Gasteiger partial charge in [-0.15, -0.1) is 0 Å². The van der Waals surface area contributed by atoms with Crippen LogP contribution < -0.4 is 5.73 Å². The van der Waals surface area contributed by atoms with Crippen molar-refractivity contribution in [2.75, 3.05) is 11.5 Å². The van der Waals surface area contributed by atoms with Gasteiger partial charge in [0.2, 0.25) is 0 Å². The van der Waals surface area contributed by atoms with Crippen molar-refractivity contribution in [3.8, 4) is 0 Å². The molecule has 0 atom stereocenters. The van der Waals surface area contributed by atoms with E-state index in [-0.39, 0.29) is 24.1 Å². The van der Waals surface area contributed by atoms with Crippen molar-refractivity contribution >= 4 is 17.4 Å². The molecule has 2 N–H and O–H groups in total. The third-order valence-corrected chi connectivity index (χ3v) is 2.28. The normalized spacial score (nSPS) is 12.0. The zero-order chi connectivity index (χ0) is 10.8. The van der Waals surface area contributed by atoms with Crippen LogP contribution in [-0.4, -0.2) is 21.0 Å². The van der Waals surface area contributed by atoms with Crippen LogP contribution in [0, 0.1) is 6.92 Å². The van der Waals surface area contributed by atoms with Crippen molar-refractivity contribution in [2.24, 2.45) is 0 Å². The fourth-order valence-electron chi connectivity index (χ4n) is 0.903. The molecule has 0 fully saturated rings. The average Bonchev–Trinajstić information content (AvgIpc) is 2.28. The second-order valence-electron chi connectivity index (χ2n) is 2.73. The molecule has 0 bridgehead atoms. The zero-order valence-corrected chi connectivity index (χ0v) is 8.32. The molecule has 0 aliphatic heterocycles. The molecular formula is C7H10F3N3S. The van der Waals surface area contributed by atoms with Gasteiger partial charge >= 0.3 is 5.51 Å². The van der Waals surface area contributed by atoms with E-state index < -0.39 is 5.51 Å².